The fourth-order valence-corrected chi connectivity index (χ4v) is 2.46. The second-order valence-electron chi connectivity index (χ2n) is 4.53. The monoisotopic (exact) mass is 351 g/mol. The molecule has 0 unspecified atom stereocenters. The number of halogens is 1. The normalized spacial score (nSPS) is 11.2. The van der Waals surface area contributed by atoms with Crippen molar-refractivity contribution in [1.82, 2.24) is 15.3 Å². The maximum atomic E-state index is 5.41. The van der Waals surface area contributed by atoms with Crippen LogP contribution >= 0.6 is 15.9 Å². The van der Waals surface area contributed by atoms with Gasteiger partial charge in [0.2, 0.25) is 11.7 Å². The van der Waals surface area contributed by atoms with Crippen LogP contribution in [-0.4, -0.2) is 15.3 Å². The smallest absolute Gasteiger partial charge is 0.238 e. The van der Waals surface area contributed by atoms with E-state index in [2.05, 4.69) is 31.2 Å². The van der Waals surface area contributed by atoms with Crippen LogP contribution in [0.4, 0.5) is 0 Å². The highest BCUT2D eigenvalue weighted by Crippen LogP contribution is 2.24. The maximum absolute atomic E-state index is 5.41. The lowest BCUT2D eigenvalue weighted by Gasteiger charge is -1.97. The van der Waals surface area contributed by atoms with Crippen molar-refractivity contribution in [3.8, 4) is 11.6 Å². The third kappa shape index (κ3) is 2.78. The molecule has 0 atom stereocenters. The number of aromatic nitrogens is 3. The lowest BCUT2D eigenvalue weighted by atomic mass is 10.1. The molecular weight excluding hydrogens is 338 g/mol. The molecule has 0 bridgehead atoms. The molecule has 0 spiro atoms. The highest BCUT2D eigenvalue weighted by molar-refractivity contribution is 9.10. The zero-order chi connectivity index (χ0) is 14.8. The average Bonchev–Trinajstić information content (AvgIpc) is 3.18. The van der Waals surface area contributed by atoms with Crippen LogP contribution in [0.3, 0.4) is 0 Å². The predicted octanol–water partition coefficient (Wildman–Crippen LogP) is 3.80. The van der Waals surface area contributed by atoms with Gasteiger partial charge in [-0.1, -0.05) is 24.2 Å². The molecule has 0 aromatic carbocycles. The Hall–Kier alpha value is -1.89. The van der Waals surface area contributed by atoms with Gasteiger partial charge in [0.05, 0.1) is 12.1 Å². The highest BCUT2D eigenvalue weighted by atomic mass is 79.9. The fourth-order valence-electron chi connectivity index (χ4n) is 2.15. The van der Waals surface area contributed by atoms with E-state index in [-0.39, 0.29) is 0 Å². The van der Waals surface area contributed by atoms with Crippen LogP contribution in [0.5, 0.6) is 0 Å². The minimum atomic E-state index is 0.434. The average molecular weight is 352 g/mol. The summed E-state index contributed by atoms with van der Waals surface area (Å²) in [4.78, 5) is 4.36. The van der Waals surface area contributed by atoms with Crippen molar-refractivity contribution in [2.45, 2.75) is 33.1 Å². The van der Waals surface area contributed by atoms with E-state index in [0.29, 0.717) is 28.6 Å². The van der Waals surface area contributed by atoms with E-state index < -0.39 is 0 Å². The largest absolute Gasteiger partial charge is 0.446 e. The first kappa shape index (κ1) is 14.1. The molecule has 21 heavy (non-hydrogen) atoms. The Morgan fingerprint density at radius 2 is 1.95 bits per heavy atom. The van der Waals surface area contributed by atoms with Crippen LogP contribution in [0.2, 0.25) is 0 Å². The van der Waals surface area contributed by atoms with Gasteiger partial charge in [-0.25, -0.2) is 0 Å². The summed E-state index contributed by atoms with van der Waals surface area (Å²) >= 11 is 3.25. The quantitative estimate of drug-likeness (QED) is 0.695. The van der Waals surface area contributed by atoms with Crippen LogP contribution in [0.25, 0.3) is 11.6 Å². The predicted molar refractivity (Wildman–Crippen MR) is 77.8 cm³/mol. The van der Waals surface area contributed by atoms with Crippen molar-refractivity contribution in [3.63, 3.8) is 0 Å². The number of furan rings is 1. The van der Waals surface area contributed by atoms with Gasteiger partial charge in [0, 0.05) is 12.0 Å². The summed E-state index contributed by atoms with van der Waals surface area (Å²) in [6.45, 7) is 4.07. The fraction of sp³-hybridized carbons (Fsp3) is 0.357. The topological polar surface area (TPSA) is 78.1 Å². The Morgan fingerprint density at radius 1 is 1.10 bits per heavy atom. The first-order chi connectivity index (χ1) is 10.2. The Balaban J connectivity index is 1.86. The minimum Gasteiger partial charge on any atom is -0.446 e. The Kier molecular flexibility index (Phi) is 3.92. The van der Waals surface area contributed by atoms with Crippen LogP contribution in [0, 0.1) is 0 Å². The summed E-state index contributed by atoms with van der Waals surface area (Å²) < 4.78 is 16.7. The van der Waals surface area contributed by atoms with E-state index in [1.165, 1.54) is 0 Å². The molecule has 6 nitrogen and oxygen atoms in total. The lowest BCUT2D eigenvalue weighted by molar-refractivity contribution is 0.374. The molecule has 0 fully saturated rings. The Morgan fingerprint density at radius 3 is 2.62 bits per heavy atom. The Bertz CT molecular complexity index is 723. The molecule has 3 aromatic heterocycles. The number of hydrogen-bond donors (Lipinski definition) is 0. The van der Waals surface area contributed by atoms with E-state index >= 15 is 0 Å². The van der Waals surface area contributed by atoms with Crippen LogP contribution < -0.4 is 0 Å². The van der Waals surface area contributed by atoms with Crippen LogP contribution in [-0.2, 0) is 19.3 Å². The van der Waals surface area contributed by atoms with Crippen molar-refractivity contribution in [2.75, 3.05) is 0 Å². The molecule has 0 aliphatic carbocycles. The van der Waals surface area contributed by atoms with Gasteiger partial charge < -0.3 is 13.5 Å². The van der Waals surface area contributed by atoms with Crippen LogP contribution in [0.15, 0.2) is 30.3 Å². The summed E-state index contributed by atoms with van der Waals surface area (Å²) in [6.07, 6.45) is 2.12. The number of aryl methyl sites for hydroxylation is 2. The summed E-state index contributed by atoms with van der Waals surface area (Å²) in [5.41, 5.74) is 1.98. The van der Waals surface area contributed by atoms with E-state index in [1.54, 1.807) is 12.1 Å². The summed E-state index contributed by atoms with van der Waals surface area (Å²) in [7, 11) is 0. The molecule has 3 rings (SSSR count). The van der Waals surface area contributed by atoms with Gasteiger partial charge in [0.25, 0.3) is 0 Å². The summed E-state index contributed by atoms with van der Waals surface area (Å²) in [5, 5.41) is 8.02. The van der Waals surface area contributed by atoms with E-state index in [0.717, 1.165) is 29.9 Å². The molecule has 0 saturated carbocycles. The molecule has 3 heterocycles. The highest BCUT2D eigenvalue weighted by Gasteiger charge is 2.18. The number of hydrogen-bond acceptors (Lipinski definition) is 6. The molecule has 0 aliphatic rings. The van der Waals surface area contributed by atoms with Gasteiger partial charge in [-0.15, -0.1) is 0 Å². The minimum absolute atomic E-state index is 0.434. The first-order valence-corrected chi connectivity index (χ1v) is 7.55. The van der Waals surface area contributed by atoms with Crippen molar-refractivity contribution >= 4 is 15.9 Å². The molecule has 0 amide bonds. The molecule has 3 aromatic rings. The summed E-state index contributed by atoms with van der Waals surface area (Å²) in [5.74, 6) is 2.38. The van der Waals surface area contributed by atoms with Crippen molar-refractivity contribution in [2.24, 2.45) is 0 Å². The summed E-state index contributed by atoms with van der Waals surface area (Å²) in [6, 6.07) is 3.57. The van der Waals surface area contributed by atoms with Crippen molar-refractivity contribution in [3.05, 3.63) is 39.7 Å². The van der Waals surface area contributed by atoms with Crippen molar-refractivity contribution < 1.29 is 13.5 Å². The second kappa shape index (κ2) is 5.85. The Labute approximate surface area is 129 Å². The molecule has 0 N–H and O–H groups in total. The van der Waals surface area contributed by atoms with Gasteiger partial charge >= 0.3 is 0 Å². The van der Waals surface area contributed by atoms with Gasteiger partial charge in [0.1, 0.15) is 5.76 Å². The van der Waals surface area contributed by atoms with Gasteiger partial charge in [0.15, 0.2) is 10.4 Å². The molecule has 0 saturated heterocycles. The second-order valence-corrected chi connectivity index (χ2v) is 5.31. The zero-order valence-corrected chi connectivity index (χ0v) is 13.3. The number of rotatable bonds is 5. The molecular formula is C14H14BrN3O3. The first-order valence-electron chi connectivity index (χ1n) is 6.75. The lowest BCUT2D eigenvalue weighted by Crippen LogP contribution is -1.96. The van der Waals surface area contributed by atoms with Gasteiger partial charge in [-0.3, -0.25) is 0 Å². The number of nitrogens with zero attached hydrogens (tertiary/aromatic N) is 3. The van der Waals surface area contributed by atoms with Gasteiger partial charge in [-0.05, 0) is 34.5 Å². The SMILES string of the molecule is CCc1noc(CC)c1Cc1nc(-c2ccc(Br)o2)no1. The van der Waals surface area contributed by atoms with Crippen LogP contribution in [0.1, 0.15) is 36.8 Å². The van der Waals surface area contributed by atoms with Crippen molar-refractivity contribution in [1.29, 1.82) is 0 Å². The maximum Gasteiger partial charge on any atom is 0.238 e. The van der Waals surface area contributed by atoms with E-state index in [4.69, 9.17) is 13.5 Å². The third-order valence-electron chi connectivity index (χ3n) is 3.20. The molecule has 7 heteroatoms. The van der Waals surface area contributed by atoms with E-state index in [1.807, 2.05) is 13.8 Å². The van der Waals surface area contributed by atoms with E-state index in [9.17, 15) is 0 Å². The molecule has 110 valence electrons. The standard InChI is InChI=1S/C14H14BrN3O3/c1-3-9-8(10(4-2)20-17-9)7-13-16-14(18-21-13)11-5-6-12(15)19-11/h5-6H,3-4,7H2,1-2H3. The van der Waals surface area contributed by atoms with Gasteiger partial charge in [-0.2, -0.15) is 4.98 Å². The molecule has 0 aliphatic heterocycles. The molecule has 0 radical (unpaired) electrons. The third-order valence-corrected chi connectivity index (χ3v) is 3.62. The zero-order valence-electron chi connectivity index (χ0n) is 11.7.